The van der Waals surface area contributed by atoms with E-state index in [1.807, 2.05) is 0 Å². The van der Waals surface area contributed by atoms with Gasteiger partial charge in [0.05, 0.1) is 0 Å². The van der Waals surface area contributed by atoms with Gasteiger partial charge in [-0.1, -0.05) is 14.0 Å². The molecule has 0 aromatic carbocycles. The number of alkyl halides is 1. The Balaban J connectivity index is -0.0000000300. The van der Waals surface area contributed by atoms with Crippen LogP contribution in [0.3, 0.4) is 0 Å². The summed E-state index contributed by atoms with van der Waals surface area (Å²) in [5.74, 6) is 0. The van der Waals surface area contributed by atoms with Gasteiger partial charge in [-0.3, -0.25) is 0 Å². The third kappa shape index (κ3) is 271. The minimum absolute atomic E-state index is 0. The summed E-state index contributed by atoms with van der Waals surface area (Å²) < 4.78 is 21.8. The van der Waals surface area contributed by atoms with Gasteiger partial charge in [-0.15, -0.1) is 0 Å². The summed E-state index contributed by atoms with van der Waals surface area (Å²) in [5.41, 5.74) is 0. The molecule has 0 saturated carbocycles. The van der Waals surface area contributed by atoms with Crippen molar-refractivity contribution in [1.82, 2.24) is 0 Å². The Bertz CT molecular complexity index is 29.2. The molecule has 0 saturated heterocycles. The maximum Gasteiger partial charge on any atom is 0.213 e. The summed E-state index contributed by atoms with van der Waals surface area (Å²) >= 11 is 0. The molecular weight excluding hydrogens is 188 g/mol. The minimum atomic E-state index is -1.01. The van der Waals surface area contributed by atoms with Crippen LogP contribution in [-0.2, 0) is 32.7 Å². The maximum absolute atomic E-state index is 10.3. The molecule has 0 unspecified atom stereocenters. The summed E-state index contributed by atoms with van der Waals surface area (Å²) in [6.45, 7) is 2.42. The van der Waals surface area contributed by atoms with E-state index in [0.717, 1.165) is 0 Å². The Morgan fingerprint density at radius 2 is 1.88 bits per heavy atom. The fraction of sp³-hybridized carbons (Fsp3) is 0.750. The van der Waals surface area contributed by atoms with Crippen LogP contribution in [0.4, 0.5) is 4.39 Å². The van der Waals surface area contributed by atoms with Crippen LogP contribution in [0.15, 0.2) is 0 Å². The molecule has 0 atom stereocenters. The fourth-order valence-electron chi connectivity index (χ4n) is 0. The Kier molecular flexibility index (Phi) is 64.5. The largest absolute Gasteiger partial charge is 0.428 e. The zero-order chi connectivity index (χ0) is 6.83. The summed E-state index contributed by atoms with van der Waals surface area (Å²) in [6, 6.07) is 0. The fourth-order valence-corrected chi connectivity index (χ4v) is 0. The van der Waals surface area contributed by atoms with E-state index in [1.54, 1.807) is 0 Å². The number of halogens is 1. The van der Waals surface area contributed by atoms with E-state index in [2.05, 4.69) is 17.1 Å². The predicted octanol–water partition coefficient (Wildman–Crippen LogP) is 0.352. The van der Waals surface area contributed by atoms with Crippen molar-refractivity contribution in [2.75, 3.05) is 13.5 Å². The Hall–Kier alpha value is 0.954. The molecule has 0 fully saturated rings. The quantitative estimate of drug-likeness (QED) is 0.637. The van der Waals surface area contributed by atoms with Crippen LogP contribution in [-0.4, -0.2) is 26.5 Å². The zero-order valence-corrected chi connectivity index (χ0v) is 6.73. The van der Waals surface area contributed by atoms with Crippen molar-refractivity contribution in [2.24, 2.45) is 0 Å². The Morgan fingerprint density at radius 3 is 1.88 bits per heavy atom. The molecule has 8 heavy (non-hydrogen) atoms. The molecule has 0 aliphatic heterocycles. The van der Waals surface area contributed by atoms with Gasteiger partial charge in [0, 0.05) is 32.7 Å². The molecule has 0 heterocycles. The first-order chi connectivity index (χ1) is 3.83. The van der Waals surface area contributed by atoms with Crippen LogP contribution in [0.2, 0.25) is 0 Å². The van der Waals surface area contributed by atoms with Crippen LogP contribution in [0.25, 0.3) is 0 Å². The third-order valence-corrected chi connectivity index (χ3v) is 0. The summed E-state index contributed by atoms with van der Waals surface area (Å²) in [5, 5.41) is 6.81. The van der Waals surface area contributed by atoms with Gasteiger partial charge in [-0.25, -0.2) is 4.39 Å². The molecule has 0 aliphatic carbocycles. The van der Waals surface area contributed by atoms with Crippen LogP contribution < -0.4 is 0 Å². The van der Waals surface area contributed by atoms with Gasteiger partial charge in [0.25, 0.3) is 0 Å². The second kappa shape index (κ2) is 44.1. The van der Waals surface area contributed by atoms with E-state index in [0.29, 0.717) is 0 Å². The van der Waals surface area contributed by atoms with E-state index in [-0.39, 0.29) is 46.7 Å². The zero-order valence-electron chi connectivity index (χ0n) is 5.89. The molecule has 0 rings (SSSR count). The average Bonchev–Trinajstić information content (AvgIpc) is 1.88. The number of aliphatic hydroxyl groups excluding tert-OH is 2. The van der Waals surface area contributed by atoms with Crippen molar-refractivity contribution in [3.8, 4) is 0 Å². The minimum Gasteiger partial charge on any atom is -0.428 e. The molecule has 2 N–H and O–H groups in total. The second-order valence-electron chi connectivity index (χ2n) is 0.313. The molecular formula is C4H12FO2Y-. The average molecular weight is 204 g/mol. The third-order valence-electron chi connectivity index (χ3n) is 0. The van der Waals surface area contributed by atoms with E-state index in [1.165, 1.54) is 0 Å². The first-order valence-electron chi connectivity index (χ1n) is 2.16. The number of aliphatic hydroxyl groups is 2. The molecule has 0 spiro atoms. The van der Waals surface area contributed by atoms with Gasteiger partial charge in [0.1, 0.15) is 0 Å². The van der Waals surface area contributed by atoms with Gasteiger partial charge in [-0.05, 0) is 0 Å². The van der Waals surface area contributed by atoms with E-state index in [9.17, 15) is 4.39 Å². The second-order valence-corrected chi connectivity index (χ2v) is 0.313. The first kappa shape index (κ1) is 11.7. The van der Waals surface area contributed by atoms with Crippen LogP contribution in [0, 0.1) is 6.92 Å². The molecule has 0 aliphatic rings. The Morgan fingerprint density at radius 1 is 1.62 bits per heavy atom. The molecule has 2 nitrogen and oxygen atoms in total. The molecule has 51 valence electrons. The maximum atomic E-state index is 10.3. The normalized spacial score (nSPS) is 7.75. The molecule has 0 amide bonds. The van der Waals surface area contributed by atoms with Crippen molar-refractivity contribution in [3.05, 3.63) is 6.92 Å². The smallest absolute Gasteiger partial charge is 0.213 e. The van der Waals surface area contributed by atoms with Gasteiger partial charge >= 0.3 is 0 Å². The van der Waals surface area contributed by atoms with Crippen molar-refractivity contribution >= 4 is 0 Å². The summed E-state index contributed by atoms with van der Waals surface area (Å²) in [4.78, 5) is 0. The number of hydrogen-bond donors (Lipinski definition) is 2. The predicted molar refractivity (Wildman–Crippen MR) is 27.4 cm³/mol. The Labute approximate surface area is 78.0 Å². The van der Waals surface area contributed by atoms with E-state index < -0.39 is 6.86 Å². The molecule has 1 radical (unpaired) electrons. The van der Waals surface area contributed by atoms with Crippen LogP contribution in [0.5, 0.6) is 0 Å². The van der Waals surface area contributed by atoms with Crippen molar-refractivity contribution in [1.29, 1.82) is 2.86 Å². The van der Waals surface area contributed by atoms with Gasteiger partial charge in [-0.2, -0.15) is 0 Å². The number of rotatable bonds is 2. The van der Waals surface area contributed by atoms with Gasteiger partial charge in [0.15, 0.2) is 6.86 Å². The number of hydrogen-bond acceptors (Lipinski definition) is 2. The standard InChI is InChI=1S/C2H5O.CH3FO.CH4.Y/c1-2-3;2-1-3;;/h3H,1-2H2;3H,1H2;1H4;/q-1;;;/i2*3T;;. The van der Waals surface area contributed by atoms with E-state index >= 15 is 0 Å². The van der Waals surface area contributed by atoms with Crippen molar-refractivity contribution < 1.29 is 47.3 Å². The topological polar surface area (TPSA) is 40.5 Å². The molecule has 4 heteroatoms. The van der Waals surface area contributed by atoms with Crippen LogP contribution >= 0.6 is 0 Å². The summed E-state index contributed by atoms with van der Waals surface area (Å²) in [6.07, 6.45) is 0. The monoisotopic (exact) mass is 204 g/mol. The first-order valence-corrected chi connectivity index (χ1v) is 1.34. The van der Waals surface area contributed by atoms with Gasteiger partial charge < -0.3 is 17.1 Å². The van der Waals surface area contributed by atoms with Crippen LogP contribution in [0.1, 0.15) is 7.43 Å². The molecule has 0 aromatic heterocycles. The van der Waals surface area contributed by atoms with E-state index in [4.69, 9.17) is 2.86 Å². The molecule has 0 aromatic rings. The van der Waals surface area contributed by atoms with Crippen molar-refractivity contribution in [3.63, 3.8) is 0 Å². The SMILES string of the molecule is C.[3H]OCF.[3H]OC[CH2-].[Y]. The van der Waals surface area contributed by atoms with Gasteiger partial charge in [0.2, 0.25) is 2.86 Å². The summed E-state index contributed by atoms with van der Waals surface area (Å²) in [7, 11) is 0. The molecule has 0 bridgehead atoms. The van der Waals surface area contributed by atoms with Crippen molar-refractivity contribution in [2.45, 2.75) is 7.43 Å².